The maximum Gasteiger partial charge on any atom is 0.303 e. The monoisotopic (exact) mass is 386 g/mol. The summed E-state index contributed by atoms with van der Waals surface area (Å²) < 4.78 is 0. The van der Waals surface area contributed by atoms with Gasteiger partial charge in [0.25, 0.3) is 0 Å². The number of fused-ring (bicyclic) bond motifs is 1. The highest BCUT2D eigenvalue weighted by Gasteiger charge is 2.13. The van der Waals surface area contributed by atoms with Crippen molar-refractivity contribution in [3.8, 4) is 11.3 Å². The number of aryl methyl sites for hydroxylation is 1. The van der Waals surface area contributed by atoms with Crippen molar-refractivity contribution in [3.63, 3.8) is 0 Å². The fraction of sp³-hybridized carbons (Fsp3) is 0.174. The highest BCUT2D eigenvalue weighted by Crippen LogP contribution is 2.29. The second-order valence-electron chi connectivity index (χ2n) is 7.07. The molecule has 0 aliphatic heterocycles. The molecule has 0 saturated heterocycles. The Hall–Kier alpha value is -3.67. The van der Waals surface area contributed by atoms with Crippen LogP contribution in [0.3, 0.4) is 0 Å². The lowest BCUT2D eigenvalue weighted by Crippen LogP contribution is -2.17. The lowest BCUT2D eigenvalue weighted by molar-refractivity contribution is -0.136. The van der Waals surface area contributed by atoms with Gasteiger partial charge in [-0.1, -0.05) is 54.6 Å². The molecule has 4 rings (SSSR count). The van der Waals surface area contributed by atoms with Crippen molar-refractivity contribution in [1.82, 2.24) is 15.0 Å². The second kappa shape index (κ2) is 8.14. The van der Waals surface area contributed by atoms with E-state index in [0.29, 0.717) is 6.42 Å². The Bertz CT molecular complexity index is 1120. The van der Waals surface area contributed by atoms with Gasteiger partial charge in [0, 0.05) is 25.7 Å². The quantitative estimate of drug-likeness (QED) is 0.495. The van der Waals surface area contributed by atoms with Gasteiger partial charge >= 0.3 is 5.97 Å². The van der Waals surface area contributed by atoms with E-state index in [9.17, 15) is 4.79 Å². The van der Waals surface area contributed by atoms with Gasteiger partial charge in [0.15, 0.2) is 0 Å². The molecule has 6 nitrogen and oxygen atoms in total. The number of carbonyl (C=O) groups is 1. The summed E-state index contributed by atoms with van der Waals surface area (Å²) in [4.78, 5) is 25.1. The average Bonchev–Trinajstić information content (AvgIpc) is 3.17. The predicted octanol–water partition coefficient (Wildman–Crippen LogP) is 4.28. The lowest BCUT2D eigenvalue weighted by Gasteiger charge is -2.18. The van der Waals surface area contributed by atoms with Crippen LogP contribution in [-0.4, -0.2) is 33.1 Å². The van der Waals surface area contributed by atoms with Crippen molar-refractivity contribution < 1.29 is 9.90 Å². The summed E-state index contributed by atoms with van der Waals surface area (Å²) >= 11 is 0. The zero-order valence-electron chi connectivity index (χ0n) is 16.2. The average molecular weight is 386 g/mol. The van der Waals surface area contributed by atoms with Crippen molar-refractivity contribution in [2.45, 2.75) is 19.4 Å². The van der Waals surface area contributed by atoms with Crippen LogP contribution in [0.4, 0.5) is 5.82 Å². The number of nitrogens with one attached hydrogen (secondary N) is 1. The molecule has 6 heteroatoms. The molecule has 2 N–H and O–H groups in total. The van der Waals surface area contributed by atoms with Gasteiger partial charge in [-0.3, -0.25) is 4.79 Å². The summed E-state index contributed by atoms with van der Waals surface area (Å²) in [6.45, 7) is 0.756. The number of hydrogen-bond acceptors (Lipinski definition) is 4. The minimum absolute atomic E-state index is 0.137. The molecule has 0 spiro atoms. The SMILES string of the molecule is CN(Cc1ccccc1)c1ncnc2[nH]c(-c3ccc(CCC(=O)O)cc3)cc12. The predicted molar refractivity (Wildman–Crippen MR) is 114 cm³/mol. The maximum atomic E-state index is 10.7. The van der Waals surface area contributed by atoms with Gasteiger partial charge in [-0.2, -0.15) is 0 Å². The van der Waals surface area contributed by atoms with E-state index in [1.807, 2.05) is 49.5 Å². The Balaban J connectivity index is 1.59. The summed E-state index contributed by atoms with van der Waals surface area (Å²) in [5.41, 5.74) is 5.00. The topological polar surface area (TPSA) is 82.1 Å². The molecule has 2 heterocycles. The summed E-state index contributed by atoms with van der Waals surface area (Å²) in [5.74, 6) is 0.0925. The van der Waals surface area contributed by atoms with Gasteiger partial charge in [0.05, 0.1) is 5.39 Å². The summed E-state index contributed by atoms with van der Waals surface area (Å²) in [6, 6.07) is 20.3. The van der Waals surface area contributed by atoms with Crippen LogP contribution in [0.25, 0.3) is 22.3 Å². The number of H-pyrrole nitrogens is 1. The normalized spacial score (nSPS) is 10.9. The standard InChI is InChI=1S/C23H22N4O2/c1-27(14-17-5-3-2-4-6-17)23-19-13-20(26-22(19)24-15-25-23)18-10-7-16(8-11-18)9-12-21(28)29/h2-8,10-11,13,15H,9,12,14H2,1H3,(H,28,29)(H,24,25,26). The van der Waals surface area contributed by atoms with Crippen molar-refractivity contribution in [1.29, 1.82) is 0 Å². The van der Waals surface area contributed by atoms with Crippen LogP contribution in [-0.2, 0) is 17.8 Å². The number of carboxylic acid groups (broad SMARTS) is 1. The van der Waals surface area contributed by atoms with Gasteiger partial charge in [-0.05, 0) is 29.2 Å². The highest BCUT2D eigenvalue weighted by atomic mass is 16.4. The van der Waals surface area contributed by atoms with Gasteiger partial charge in [-0.25, -0.2) is 9.97 Å². The largest absolute Gasteiger partial charge is 0.481 e. The fourth-order valence-electron chi connectivity index (χ4n) is 3.42. The maximum absolute atomic E-state index is 10.7. The van der Waals surface area contributed by atoms with E-state index in [1.54, 1.807) is 6.33 Å². The minimum atomic E-state index is -0.782. The third-order valence-electron chi connectivity index (χ3n) is 4.92. The number of nitrogens with zero attached hydrogens (tertiary/aromatic N) is 3. The van der Waals surface area contributed by atoms with Crippen LogP contribution in [0.15, 0.2) is 67.0 Å². The molecule has 0 aliphatic rings. The molecule has 2 aromatic carbocycles. The second-order valence-corrected chi connectivity index (χ2v) is 7.07. The Morgan fingerprint density at radius 3 is 2.52 bits per heavy atom. The molecular formula is C23H22N4O2. The molecule has 0 amide bonds. The minimum Gasteiger partial charge on any atom is -0.481 e. The van der Waals surface area contributed by atoms with Crippen molar-refractivity contribution >= 4 is 22.8 Å². The number of aromatic amines is 1. The van der Waals surface area contributed by atoms with E-state index in [2.05, 4.69) is 38.1 Å². The first-order valence-electron chi connectivity index (χ1n) is 9.50. The number of aliphatic carboxylic acids is 1. The Morgan fingerprint density at radius 2 is 1.79 bits per heavy atom. The molecule has 0 saturated carbocycles. The number of rotatable bonds is 7. The zero-order valence-corrected chi connectivity index (χ0v) is 16.2. The van der Waals surface area contributed by atoms with Crippen LogP contribution in [0.5, 0.6) is 0 Å². The summed E-state index contributed by atoms with van der Waals surface area (Å²) in [6.07, 6.45) is 2.25. The van der Waals surface area contributed by atoms with Crippen molar-refractivity contribution in [2.75, 3.05) is 11.9 Å². The molecule has 0 radical (unpaired) electrons. The molecule has 0 bridgehead atoms. The third kappa shape index (κ3) is 4.27. The molecule has 146 valence electrons. The molecule has 0 fully saturated rings. The molecule has 0 unspecified atom stereocenters. The number of carboxylic acids is 1. The molecule has 0 atom stereocenters. The molecule has 0 aliphatic carbocycles. The molecule has 29 heavy (non-hydrogen) atoms. The van der Waals surface area contributed by atoms with Crippen LogP contribution in [0.2, 0.25) is 0 Å². The smallest absolute Gasteiger partial charge is 0.303 e. The van der Waals surface area contributed by atoms with Crippen LogP contribution >= 0.6 is 0 Å². The van der Waals surface area contributed by atoms with Gasteiger partial charge in [-0.15, -0.1) is 0 Å². The van der Waals surface area contributed by atoms with Crippen molar-refractivity contribution in [2.24, 2.45) is 0 Å². The van der Waals surface area contributed by atoms with Gasteiger partial charge in [0.1, 0.15) is 17.8 Å². The summed E-state index contributed by atoms with van der Waals surface area (Å²) in [5, 5.41) is 9.80. The van der Waals surface area contributed by atoms with E-state index < -0.39 is 5.97 Å². The Morgan fingerprint density at radius 1 is 1.03 bits per heavy atom. The van der Waals surface area contributed by atoms with E-state index in [0.717, 1.165) is 40.2 Å². The lowest BCUT2D eigenvalue weighted by atomic mass is 10.1. The van der Waals surface area contributed by atoms with E-state index in [1.165, 1.54) is 5.56 Å². The van der Waals surface area contributed by atoms with Crippen LogP contribution in [0.1, 0.15) is 17.5 Å². The number of hydrogen-bond donors (Lipinski definition) is 2. The summed E-state index contributed by atoms with van der Waals surface area (Å²) in [7, 11) is 2.03. The fourth-order valence-corrected chi connectivity index (χ4v) is 3.42. The first-order valence-corrected chi connectivity index (χ1v) is 9.50. The highest BCUT2D eigenvalue weighted by molar-refractivity contribution is 5.91. The zero-order chi connectivity index (χ0) is 20.2. The molecule has 2 aromatic heterocycles. The van der Waals surface area contributed by atoms with E-state index >= 15 is 0 Å². The number of benzene rings is 2. The molecular weight excluding hydrogens is 364 g/mol. The Labute approximate surface area is 168 Å². The number of anilines is 1. The van der Waals surface area contributed by atoms with Crippen molar-refractivity contribution in [3.05, 3.63) is 78.1 Å². The molecule has 4 aromatic rings. The van der Waals surface area contributed by atoms with E-state index in [4.69, 9.17) is 5.11 Å². The third-order valence-corrected chi connectivity index (χ3v) is 4.92. The van der Waals surface area contributed by atoms with Crippen LogP contribution < -0.4 is 4.90 Å². The Kier molecular flexibility index (Phi) is 5.24. The van der Waals surface area contributed by atoms with Crippen LogP contribution in [0, 0.1) is 0 Å². The first kappa shape index (κ1) is 18.7. The van der Waals surface area contributed by atoms with Gasteiger partial charge < -0.3 is 15.0 Å². The first-order chi connectivity index (χ1) is 14.1. The number of aromatic nitrogens is 3. The van der Waals surface area contributed by atoms with Gasteiger partial charge in [0.2, 0.25) is 0 Å². The van der Waals surface area contributed by atoms with E-state index in [-0.39, 0.29) is 6.42 Å².